The Hall–Kier alpha value is -0.260. The van der Waals surface area contributed by atoms with Crippen molar-refractivity contribution in [3.05, 3.63) is 0 Å². The van der Waals surface area contributed by atoms with E-state index in [2.05, 4.69) is 5.10 Å². The summed E-state index contributed by atoms with van der Waals surface area (Å²) in [5, 5.41) is 16.0. The number of hydrazone groups is 1. The molecular formula is C7H14N3OS. The number of hydroxylamine groups is 2. The minimum atomic E-state index is -0.222. The molecule has 12 heavy (non-hydrogen) atoms. The standard InChI is InChI=1S/C7H14N3OS/c1-7(2)4-3-6(10(7)11)12-5-9-8/h5-6H,3-4,8H2,1-2H3/b9-5-. The molecule has 1 radical (unpaired) electrons. The van der Waals surface area contributed by atoms with Gasteiger partial charge in [-0.15, -0.1) is 10.3 Å². The molecule has 0 aliphatic carbocycles. The van der Waals surface area contributed by atoms with E-state index in [9.17, 15) is 5.21 Å². The highest BCUT2D eigenvalue weighted by Gasteiger charge is 2.39. The molecule has 1 unspecified atom stereocenters. The van der Waals surface area contributed by atoms with Crippen LogP contribution in [-0.4, -0.2) is 21.5 Å². The zero-order chi connectivity index (χ0) is 9.19. The zero-order valence-electron chi connectivity index (χ0n) is 7.36. The lowest BCUT2D eigenvalue weighted by Gasteiger charge is -2.25. The van der Waals surface area contributed by atoms with Gasteiger partial charge in [-0.2, -0.15) is 5.10 Å². The monoisotopic (exact) mass is 188 g/mol. The van der Waals surface area contributed by atoms with Gasteiger partial charge in [-0.3, -0.25) is 0 Å². The minimum Gasteiger partial charge on any atom is -0.323 e. The normalized spacial score (nSPS) is 30.1. The van der Waals surface area contributed by atoms with E-state index >= 15 is 0 Å². The Morgan fingerprint density at radius 2 is 2.42 bits per heavy atom. The first kappa shape index (κ1) is 9.83. The molecule has 0 bridgehead atoms. The molecule has 1 atom stereocenters. The second-order valence-corrected chi connectivity index (χ2v) is 4.55. The van der Waals surface area contributed by atoms with E-state index in [1.54, 1.807) is 0 Å². The Morgan fingerprint density at radius 3 is 2.83 bits per heavy atom. The molecule has 4 nitrogen and oxygen atoms in total. The molecule has 0 aromatic heterocycles. The first-order valence-electron chi connectivity index (χ1n) is 3.91. The van der Waals surface area contributed by atoms with Crippen LogP contribution in [0.25, 0.3) is 0 Å². The van der Waals surface area contributed by atoms with Crippen LogP contribution in [-0.2, 0) is 5.21 Å². The predicted molar refractivity (Wildman–Crippen MR) is 49.9 cm³/mol. The molecular weight excluding hydrogens is 174 g/mol. The number of nitrogens with zero attached hydrogens (tertiary/aromatic N) is 2. The van der Waals surface area contributed by atoms with Crippen LogP contribution in [0.5, 0.6) is 0 Å². The second-order valence-electron chi connectivity index (χ2n) is 3.52. The van der Waals surface area contributed by atoms with E-state index in [0.717, 1.165) is 17.9 Å². The summed E-state index contributed by atoms with van der Waals surface area (Å²) >= 11 is 1.39. The molecule has 1 saturated heterocycles. The highest BCUT2D eigenvalue weighted by Crippen LogP contribution is 2.36. The van der Waals surface area contributed by atoms with Crippen LogP contribution < -0.4 is 5.84 Å². The van der Waals surface area contributed by atoms with E-state index in [1.807, 2.05) is 13.8 Å². The van der Waals surface area contributed by atoms with Gasteiger partial charge in [0.15, 0.2) is 0 Å². The van der Waals surface area contributed by atoms with Crippen LogP contribution in [0.3, 0.4) is 0 Å². The third-order valence-corrected chi connectivity index (χ3v) is 3.12. The van der Waals surface area contributed by atoms with Crippen LogP contribution in [0.4, 0.5) is 0 Å². The molecule has 69 valence electrons. The average molecular weight is 188 g/mol. The van der Waals surface area contributed by atoms with Crippen LogP contribution in [0.15, 0.2) is 5.10 Å². The van der Waals surface area contributed by atoms with E-state index < -0.39 is 0 Å². The summed E-state index contributed by atoms with van der Waals surface area (Å²) in [7, 11) is 0. The van der Waals surface area contributed by atoms with Gasteiger partial charge >= 0.3 is 0 Å². The van der Waals surface area contributed by atoms with Crippen molar-refractivity contribution in [2.45, 2.75) is 37.6 Å². The molecule has 1 rings (SSSR count). The Balaban J connectivity index is 2.49. The van der Waals surface area contributed by atoms with E-state index in [0.29, 0.717) is 0 Å². The smallest absolute Gasteiger partial charge is 0.0899 e. The summed E-state index contributed by atoms with van der Waals surface area (Å²) in [4.78, 5) is 0. The van der Waals surface area contributed by atoms with Gasteiger partial charge in [0.2, 0.25) is 0 Å². The van der Waals surface area contributed by atoms with Crippen LogP contribution >= 0.6 is 11.8 Å². The van der Waals surface area contributed by atoms with Crippen molar-refractivity contribution in [3.63, 3.8) is 0 Å². The van der Waals surface area contributed by atoms with E-state index in [4.69, 9.17) is 5.84 Å². The van der Waals surface area contributed by atoms with Gasteiger partial charge in [0.05, 0.1) is 10.9 Å². The first-order chi connectivity index (χ1) is 5.58. The lowest BCUT2D eigenvalue weighted by Crippen LogP contribution is -2.37. The van der Waals surface area contributed by atoms with Gasteiger partial charge in [0, 0.05) is 5.54 Å². The fourth-order valence-corrected chi connectivity index (χ4v) is 2.18. The Morgan fingerprint density at radius 1 is 1.75 bits per heavy atom. The molecule has 0 spiro atoms. The molecule has 2 N–H and O–H groups in total. The van der Waals surface area contributed by atoms with Gasteiger partial charge in [-0.25, -0.2) is 0 Å². The van der Waals surface area contributed by atoms with Crippen molar-refractivity contribution >= 4 is 17.3 Å². The third kappa shape index (κ3) is 1.91. The Kier molecular flexibility index (Phi) is 2.98. The molecule has 1 fully saturated rings. The molecule has 1 heterocycles. The molecule has 1 aliphatic rings. The zero-order valence-corrected chi connectivity index (χ0v) is 8.17. The molecule has 5 heteroatoms. The molecule has 0 amide bonds. The Bertz CT molecular complexity index is 183. The largest absolute Gasteiger partial charge is 0.323 e. The minimum absolute atomic E-state index is 0.00713. The Labute approximate surface area is 76.8 Å². The maximum atomic E-state index is 11.5. The molecule has 0 saturated carbocycles. The summed E-state index contributed by atoms with van der Waals surface area (Å²) < 4.78 is 0. The lowest BCUT2D eigenvalue weighted by atomic mass is 10.0. The van der Waals surface area contributed by atoms with Crippen molar-refractivity contribution in [3.8, 4) is 0 Å². The molecule has 1 aliphatic heterocycles. The highest BCUT2D eigenvalue weighted by atomic mass is 32.2. The predicted octanol–water partition coefficient (Wildman–Crippen LogP) is 1.17. The number of nitrogens with two attached hydrogens (primary N) is 1. The van der Waals surface area contributed by atoms with Crippen LogP contribution in [0.2, 0.25) is 0 Å². The second kappa shape index (κ2) is 3.64. The first-order valence-corrected chi connectivity index (χ1v) is 4.86. The number of hydrogen-bond acceptors (Lipinski definition) is 4. The SMILES string of the molecule is CC1(C)CCC(S/C=N\N)N1[O]. The van der Waals surface area contributed by atoms with Gasteiger partial charge in [-0.1, -0.05) is 11.8 Å². The molecule has 0 aromatic carbocycles. The van der Waals surface area contributed by atoms with Gasteiger partial charge in [0.25, 0.3) is 0 Å². The van der Waals surface area contributed by atoms with E-state index in [1.165, 1.54) is 17.3 Å². The van der Waals surface area contributed by atoms with Gasteiger partial charge in [-0.05, 0) is 26.7 Å². The third-order valence-electron chi connectivity index (χ3n) is 2.14. The maximum Gasteiger partial charge on any atom is 0.0899 e. The van der Waals surface area contributed by atoms with Crippen molar-refractivity contribution in [1.82, 2.24) is 5.06 Å². The summed E-state index contributed by atoms with van der Waals surface area (Å²) in [5.74, 6) is 4.95. The van der Waals surface area contributed by atoms with Crippen molar-refractivity contribution in [2.24, 2.45) is 10.9 Å². The van der Waals surface area contributed by atoms with Crippen LogP contribution in [0.1, 0.15) is 26.7 Å². The topological polar surface area (TPSA) is 61.5 Å². The highest BCUT2D eigenvalue weighted by molar-refractivity contribution is 8.12. The summed E-state index contributed by atoms with van der Waals surface area (Å²) in [5.41, 5.74) is 1.30. The van der Waals surface area contributed by atoms with Gasteiger partial charge in [0.1, 0.15) is 0 Å². The molecule has 0 aromatic rings. The van der Waals surface area contributed by atoms with Crippen molar-refractivity contribution < 1.29 is 5.21 Å². The number of thioether (sulfide) groups is 1. The van der Waals surface area contributed by atoms with Crippen molar-refractivity contribution in [2.75, 3.05) is 0 Å². The van der Waals surface area contributed by atoms with Gasteiger partial charge < -0.3 is 5.84 Å². The van der Waals surface area contributed by atoms with Crippen molar-refractivity contribution in [1.29, 1.82) is 0 Å². The quantitative estimate of drug-likeness (QED) is 0.306. The average Bonchev–Trinajstić information content (AvgIpc) is 2.26. The fourth-order valence-electron chi connectivity index (χ4n) is 1.32. The van der Waals surface area contributed by atoms with Crippen LogP contribution in [0, 0.1) is 0 Å². The summed E-state index contributed by atoms with van der Waals surface area (Å²) in [6.07, 6.45) is 1.85. The lowest BCUT2D eigenvalue weighted by molar-refractivity contribution is -0.202. The number of hydrogen-bond donors (Lipinski definition) is 1. The van der Waals surface area contributed by atoms with E-state index in [-0.39, 0.29) is 10.9 Å². The number of rotatable bonds is 2. The maximum absolute atomic E-state index is 11.5. The summed E-state index contributed by atoms with van der Waals surface area (Å²) in [6.45, 7) is 3.92. The summed E-state index contributed by atoms with van der Waals surface area (Å²) in [6, 6.07) is 0. The fraction of sp³-hybridized carbons (Fsp3) is 0.857.